The Morgan fingerprint density at radius 2 is 1.93 bits per heavy atom. The van der Waals surface area contributed by atoms with E-state index in [-0.39, 0.29) is 18.2 Å². The van der Waals surface area contributed by atoms with Gasteiger partial charge in [0.1, 0.15) is 0 Å². The SMILES string of the molecule is COC1CN(CCC(N)C#N)CC1OC. The van der Waals surface area contributed by atoms with Gasteiger partial charge in [-0.25, -0.2) is 0 Å². The van der Waals surface area contributed by atoms with Crippen LogP contribution in [0.1, 0.15) is 6.42 Å². The predicted molar refractivity (Wildman–Crippen MR) is 56.2 cm³/mol. The third-order valence-electron chi connectivity index (χ3n) is 2.82. The van der Waals surface area contributed by atoms with Gasteiger partial charge in [0.2, 0.25) is 0 Å². The Morgan fingerprint density at radius 1 is 1.40 bits per heavy atom. The van der Waals surface area contributed by atoms with Crippen molar-refractivity contribution in [2.24, 2.45) is 5.73 Å². The maximum Gasteiger partial charge on any atom is 0.0971 e. The van der Waals surface area contributed by atoms with Gasteiger partial charge in [0.25, 0.3) is 0 Å². The molecular weight excluding hydrogens is 194 g/mol. The summed E-state index contributed by atoms with van der Waals surface area (Å²) in [5.74, 6) is 0. The van der Waals surface area contributed by atoms with Gasteiger partial charge in [0.05, 0.1) is 24.3 Å². The van der Waals surface area contributed by atoms with Crippen molar-refractivity contribution in [1.29, 1.82) is 5.26 Å². The van der Waals surface area contributed by atoms with Crippen molar-refractivity contribution in [3.63, 3.8) is 0 Å². The molecule has 1 heterocycles. The van der Waals surface area contributed by atoms with Crippen LogP contribution < -0.4 is 5.73 Å². The molecular formula is C10H19N3O2. The average Bonchev–Trinajstić information content (AvgIpc) is 2.68. The van der Waals surface area contributed by atoms with Gasteiger partial charge >= 0.3 is 0 Å². The first-order valence-electron chi connectivity index (χ1n) is 5.14. The van der Waals surface area contributed by atoms with Gasteiger partial charge in [-0.15, -0.1) is 0 Å². The lowest BCUT2D eigenvalue weighted by molar-refractivity contribution is -0.00461. The molecule has 5 heteroatoms. The fourth-order valence-corrected chi connectivity index (χ4v) is 1.84. The van der Waals surface area contributed by atoms with Gasteiger partial charge in [-0.05, 0) is 6.42 Å². The third-order valence-corrected chi connectivity index (χ3v) is 2.82. The molecule has 0 radical (unpaired) electrons. The highest BCUT2D eigenvalue weighted by Crippen LogP contribution is 2.15. The number of hydrogen-bond acceptors (Lipinski definition) is 5. The summed E-state index contributed by atoms with van der Waals surface area (Å²) < 4.78 is 10.6. The van der Waals surface area contributed by atoms with Crippen LogP contribution in [0.2, 0.25) is 0 Å². The lowest BCUT2D eigenvalue weighted by Crippen LogP contribution is -2.29. The van der Waals surface area contributed by atoms with E-state index in [1.807, 2.05) is 6.07 Å². The van der Waals surface area contributed by atoms with Crippen LogP contribution in [0.25, 0.3) is 0 Å². The maximum absolute atomic E-state index is 8.56. The first-order valence-corrected chi connectivity index (χ1v) is 5.14. The standard InChI is InChI=1S/C10H19N3O2/c1-14-9-6-13(7-10(9)15-2)4-3-8(12)5-11/h8-10H,3-4,6-7,12H2,1-2H3. The van der Waals surface area contributed by atoms with Gasteiger partial charge in [-0.2, -0.15) is 5.26 Å². The van der Waals surface area contributed by atoms with Gasteiger partial charge in [0.15, 0.2) is 0 Å². The molecule has 0 aromatic rings. The first-order chi connectivity index (χ1) is 7.21. The van der Waals surface area contributed by atoms with Crippen LogP contribution in [-0.4, -0.2) is 57.0 Å². The van der Waals surface area contributed by atoms with Gasteiger partial charge in [-0.1, -0.05) is 0 Å². The Bertz CT molecular complexity index is 217. The molecule has 1 fully saturated rings. The molecule has 0 aliphatic carbocycles. The van der Waals surface area contributed by atoms with E-state index in [2.05, 4.69) is 4.90 Å². The zero-order chi connectivity index (χ0) is 11.3. The zero-order valence-corrected chi connectivity index (χ0v) is 9.35. The van der Waals surface area contributed by atoms with Crippen molar-refractivity contribution in [1.82, 2.24) is 4.90 Å². The van der Waals surface area contributed by atoms with E-state index in [0.29, 0.717) is 6.42 Å². The molecule has 2 N–H and O–H groups in total. The second-order valence-electron chi connectivity index (χ2n) is 3.83. The minimum atomic E-state index is -0.368. The second kappa shape index (κ2) is 6.03. The topological polar surface area (TPSA) is 71.5 Å². The Balaban J connectivity index is 2.31. The number of nitriles is 1. The Labute approximate surface area is 90.7 Å². The van der Waals surface area contributed by atoms with Crippen LogP contribution in [0.5, 0.6) is 0 Å². The largest absolute Gasteiger partial charge is 0.377 e. The van der Waals surface area contributed by atoms with E-state index in [1.54, 1.807) is 14.2 Å². The Kier molecular flexibility index (Phi) is 4.99. The summed E-state index contributed by atoms with van der Waals surface area (Å²) in [7, 11) is 3.39. The van der Waals surface area contributed by atoms with Crippen molar-refractivity contribution in [3.05, 3.63) is 0 Å². The normalized spacial score (nSPS) is 28.9. The highest BCUT2D eigenvalue weighted by Gasteiger charge is 2.32. The summed E-state index contributed by atoms with van der Waals surface area (Å²) in [6.45, 7) is 2.54. The molecule has 1 saturated heterocycles. The summed E-state index contributed by atoms with van der Waals surface area (Å²) in [5.41, 5.74) is 5.54. The van der Waals surface area contributed by atoms with Crippen LogP contribution in [0.15, 0.2) is 0 Å². The molecule has 1 rings (SSSR count). The van der Waals surface area contributed by atoms with E-state index < -0.39 is 0 Å². The highest BCUT2D eigenvalue weighted by atomic mass is 16.5. The van der Waals surface area contributed by atoms with Gasteiger partial charge in [0, 0.05) is 33.9 Å². The van der Waals surface area contributed by atoms with Crippen LogP contribution in [-0.2, 0) is 9.47 Å². The highest BCUT2D eigenvalue weighted by molar-refractivity contribution is 4.90. The molecule has 3 atom stereocenters. The number of hydrogen-bond donors (Lipinski definition) is 1. The number of nitrogens with two attached hydrogens (primary N) is 1. The summed E-state index contributed by atoms with van der Waals surface area (Å²) >= 11 is 0. The lowest BCUT2D eigenvalue weighted by atomic mass is 10.2. The monoisotopic (exact) mass is 213 g/mol. The molecule has 1 aliphatic heterocycles. The molecule has 1 aliphatic rings. The second-order valence-corrected chi connectivity index (χ2v) is 3.83. The summed E-state index contributed by atoms with van der Waals surface area (Å²) in [5, 5.41) is 8.56. The van der Waals surface area contributed by atoms with E-state index in [1.165, 1.54) is 0 Å². The molecule has 15 heavy (non-hydrogen) atoms. The molecule has 86 valence electrons. The van der Waals surface area contributed by atoms with Crippen molar-refractivity contribution in [2.45, 2.75) is 24.7 Å². The number of nitrogens with zero attached hydrogens (tertiary/aromatic N) is 2. The van der Waals surface area contributed by atoms with Crippen LogP contribution in [0.4, 0.5) is 0 Å². The van der Waals surface area contributed by atoms with Crippen molar-refractivity contribution in [2.75, 3.05) is 33.9 Å². The maximum atomic E-state index is 8.56. The van der Waals surface area contributed by atoms with Crippen molar-refractivity contribution in [3.8, 4) is 6.07 Å². The average molecular weight is 213 g/mol. The summed E-state index contributed by atoms with van der Waals surface area (Å²) in [6.07, 6.45) is 0.963. The van der Waals surface area contributed by atoms with Crippen molar-refractivity contribution >= 4 is 0 Å². The van der Waals surface area contributed by atoms with E-state index in [0.717, 1.165) is 19.6 Å². The Morgan fingerprint density at radius 3 is 2.33 bits per heavy atom. The molecule has 5 nitrogen and oxygen atoms in total. The number of likely N-dealkylation sites (tertiary alicyclic amines) is 1. The smallest absolute Gasteiger partial charge is 0.0971 e. The molecule has 3 unspecified atom stereocenters. The Hall–Kier alpha value is -0.670. The van der Waals surface area contributed by atoms with E-state index in [4.69, 9.17) is 20.5 Å². The summed E-state index contributed by atoms with van der Waals surface area (Å²) in [6, 6.07) is 1.66. The van der Waals surface area contributed by atoms with Crippen LogP contribution in [0, 0.1) is 11.3 Å². The van der Waals surface area contributed by atoms with Crippen LogP contribution >= 0.6 is 0 Å². The first kappa shape index (κ1) is 12.4. The van der Waals surface area contributed by atoms with Gasteiger partial charge < -0.3 is 15.2 Å². The number of ether oxygens (including phenoxy) is 2. The minimum Gasteiger partial charge on any atom is -0.377 e. The molecule has 0 saturated carbocycles. The predicted octanol–water partition coefficient (Wildman–Crippen LogP) is -0.427. The molecule has 0 aromatic heterocycles. The fourth-order valence-electron chi connectivity index (χ4n) is 1.84. The van der Waals surface area contributed by atoms with Gasteiger partial charge in [-0.3, -0.25) is 4.90 Å². The van der Waals surface area contributed by atoms with Crippen LogP contribution in [0.3, 0.4) is 0 Å². The third kappa shape index (κ3) is 3.43. The molecule has 0 spiro atoms. The zero-order valence-electron chi connectivity index (χ0n) is 9.35. The molecule has 0 bridgehead atoms. The summed E-state index contributed by atoms with van der Waals surface area (Å²) in [4.78, 5) is 2.22. The number of methoxy groups -OCH3 is 2. The number of rotatable bonds is 5. The molecule has 0 aromatic carbocycles. The lowest BCUT2D eigenvalue weighted by Gasteiger charge is -2.15. The molecule has 0 amide bonds. The van der Waals surface area contributed by atoms with E-state index >= 15 is 0 Å². The minimum absolute atomic E-state index is 0.133. The fraction of sp³-hybridized carbons (Fsp3) is 0.900. The van der Waals surface area contributed by atoms with E-state index in [9.17, 15) is 0 Å². The quantitative estimate of drug-likeness (QED) is 0.671. The van der Waals surface area contributed by atoms with Crippen molar-refractivity contribution < 1.29 is 9.47 Å².